The molecule has 0 spiro atoms. The van der Waals surface area contributed by atoms with Crippen molar-refractivity contribution in [2.75, 3.05) is 13.1 Å². The van der Waals surface area contributed by atoms with E-state index >= 15 is 0 Å². The van der Waals surface area contributed by atoms with E-state index in [0.29, 0.717) is 6.42 Å². The van der Waals surface area contributed by atoms with Crippen LogP contribution in [0.4, 0.5) is 0 Å². The predicted molar refractivity (Wildman–Crippen MR) is 117 cm³/mol. The summed E-state index contributed by atoms with van der Waals surface area (Å²) in [6.45, 7) is 3.78. The quantitative estimate of drug-likeness (QED) is 0.327. The van der Waals surface area contributed by atoms with E-state index in [-0.39, 0.29) is 5.91 Å². The van der Waals surface area contributed by atoms with E-state index in [9.17, 15) is 9.90 Å². The lowest BCUT2D eigenvalue weighted by atomic mass is 10.1. The molecule has 1 amide bonds. The standard InChI is InChI=1S/C23H35N5O2/c1-2-3-4-15-25-23(30)19-10-12-21(13-11-19)28-17-20(26-27-28)6-5-7-22(29)24-16-14-18-8-9-18/h10-13,17-18,23,25,30H,2-9,14-16H2,1H3,(H,24,29). The van der Waals surface area contributed by atoms with Gasteiger partial charge in [-0.1, -0.05) is 50.0 Å². The van der Waals surface area contributed by atoms with Crippen LogP contribution in [-0.4, -0.2) is 39.1 Å². The molecule has 1 aliphatic carbocycles. The summed E-state index contributed by atoms with van der Waals surface area (Å²) < 4.78 is 1.73. The third-order valence-electron chi connectivity index (χ3n) is 5.54. The Kier molecular flexibility index (Phi) is 8.83. The number of aryl methyl sites for hydroxylation is 1. The Morgan fingerprint density at radius 1 is 1.20 bits per heavy atom. The molecule has 7 nitrogen and oxygen atoms in total. The predicted octanol–water partition coefficient (Wildman–Crippen LogP) is 3.28. The molecule has 1 atom stereocenters. The van der Waals surface area contributed by atoms with Crippen LogP contribution in [0.25, 0.3) is 5.69 Å². The number of carbonyl (C=O) groups excluding carboxylic acids is 1. The van der Waals surface area contributed by atoms with Crippen molar-refractivity contribution in [1.82, 2.24) is 25.6 Å². The number of hydrogen-bond donors (Lipinski definition) is 3. The minimum atomic E-state index is -0.655. The zero-order valence-electron chi connectivity index (χ0n) is 18.0. The summed E-state index contributed by atoms with van der Waals surface area (Å²) >= 11 is 0. The van der Waals surface area contributed by atoms with Gasteiger partial charge in [0.2, 0.25) is 5.91 Å². The summed E-state index contributed by atoms with van der Waals surface area (Å²) in [4.78, 5) is 11.9. The molecule has 30 heavy (non-hydrogen) atoms. The minimum absolute atomic E-state index is 0.125. The van der Waals surface area contributed by atoms with Crippen LogP contribution < -0.4 is 10.6 Å². The SMILES string of the molecule is CCCCCNC(O)c1ccc(-n2cc(CCCC(=O)NCCC3CC3)nn2)cc1. The Morgan fingerprint density at radius 3 is 2.73 bits per heavy atom. The van der Waals surface area contributed by atoms with Crippen molar-refractivity contribution in [3.8, 4) is 5.69 Å². The van der Waals surface area contributed by atoms with E-state index in [1.54, 1.807) is 4.68 Å². The minimum Gasteiger partial charge on any atom is -0.374 e. The van der Waals surface area contributed by atoms with Gasteiger partial charge in [-0.3, -0.25) is 10.1 Å². The van der Waals surface area contributed by atoms with Crippen LogP contribution in [0.3, 0.4) is 0 Å². The molecule has 164 valence electrons. The summed E-state index contributed by atoms with van der Waals surface area (Å²) in [5, 5.41) is 24.8. The lowest BCUT2D eigenvalue weighted by molar-refractivity contribution is -0.121. The number of aliphatic hydroxyl groups is 1. The molecule has 7 heteroatoms. The first kappa shape index (κ1) is 22.4. The van der Waals surface area contributed by atoms with Gasteiger partial charge in [0.25, 0.3) is 0 Å². The van der Waals surface area contributed by atoms with Gasteiger partial charge >= 0.3 is 0 Å². The molecule has 1 heterocycles. The van der Waals surface area contributed by atoms with Gasteiger partial charge in [-0.2, -0.15) is 0 Å². The molecule has 1 aromatic heterocycles. The highest BCUT2D eigenvalue weighted by molar-refractivity contribution is 5.75. The van der Waals surface area contributed by atoms with Gasteiger partial charge < -0.3 is 10.4 Å². The highest BCUT2D eigenvalue weighted by Gasteiger charge is 2.20. The number of aromatic nitrogens is 3. The molecule has 1 saturated carbocycles. The molecule has 1 aliphatic rings. The monoisotopic (exact) mass is 413 g/mol. The fourth-order valence-corrected chi connectivity index (χ4v) is 3.42. The van der Waals surface area contributed by atoms with E-state index < -0.39 is 6.23 Å². The second-order valence-corrected chi connectivity index (χ2v) is 8.25. The van der Waals surface area contributed by atoms with Crippen LogP contribution in [-0.2, 0) is 11.2 Å². The molecular formula is C23H35N5O2. The zero-order valence-corrected chi connectivity index (χ0v) is 18.0. The van der Waals surface area contributed by atoms with Gasteiger partial charge in [0.15, 0.2) is 0 Å². The van der Waals surface area contributed by atoms with Crippen molar-refractivity contribution in [3.63, 3.8) is 0 Å². The van der Waals surface area contributed by atoms with Crippen molar-refractivity contribution < 1.29 is 9.90 Å². The fraction of sp³-hybridized carbons (Fsp3) is 0.609. The maximum Gasteiger partial charge on any atom is 0.220 e. The van der Waals surface area contributed by atoms with Crippen molar-refractivity contribution in [1.29, 1.82) is 0 Å². The molecule has 1 fully saturated rings. The molecule has 0 saturated heterocycles. The molecule has 1 aromatic carbocycles. The van der Waals surface area contributed by atoms with E-state index in [0.717, 1.165) is 61.6 Å². The molecule has 3 rings (SSSR count). The first-order chi connectivity index (χ1) is 14.7. The Bertz CT molecular complexity index is 770. The number of unbranched alkanes of at least 4 members (excludes halogenated alkanes) is 2. The number of aliphatic hydroxyl groups excluding tert-OH is 1. The van der Waals surface area contributed by atoms with Crippen molar-refractivity contribution >= 4 is 5.91 Å². The lowest BCUT2D eigenvalue weighted by Gasteiger charge is -2.13. The second-order valence-electron chi connectivity index (χ2n) is 8.25. The summed E-state index contributed by atoms with van der Waals surface area (Å²) in [6, 6.07) is 7.66. The Morgan fingerprint density at radius 2 is 2.00 bits per heavy atom. The Labute approximate surface area is 179 Å². The van der Waals surface area contributed by atoms with Gasteiger partial charge in [-0.15, -0.1) is 5.10 Å². The number of nitrogens with one attached hydrogen (secondary N) is 2. The number of benzene rings is 1. The summed E-state index contributed by atoms with van der Waals surface area (Å²) in [5.74, 6) is 0.972. The van der Waals surface area contributed by atoms with Gasteiger partial charge in [0.05, 0.1) is 17.6 Å². The topological polar surface area (TPSA) is 92.1 Å². The molecule has 3 N–H and O–H groups in total. The number of nitrogens with zero attached hydrogens (tertiary/aromatic N) is 3. The van der Waals surface area contributed by atoms with Gasteiger partial charge in [0, 0.05) is 13.0 Å². The zero-order chi connectivity index (χ0) is 21.2. The number of carbonyl (C=O) groups is 1. The highest BCUT2D eigenvalue weighted by Crippen LogP contribution is 2.31. The van der Waals surface area contributed by atoms with E-state index in [2.05, 4.69) is 27.9 Å². The Balaban J connectivity index is 1.39. The van der Waals surface area contributed by atoms with E-state index in [1.807, 2.05) is 30.5 Å². The van der Waals surface area contributed by atoms with Gasteiger partial charge in [-0.05, 0) is 55.8 Å². The molecular weight excluding hydrogens is 378 g/mol. The van der Waals surface area contributed by atoms with Gasteiger partial charge in [-0.25, -0.2) is 4.68 Å². The average molecular weight is 414 g/mol. The van der Waals surface area contributed by atoms with Crippen LogP contribution >= 0.6 is 0 Å². The van der Waals surface area contributed by atoms with Crippen LogP contribution in [0, 0.1) is 5.92 Å². The fourth-order valence-electron chi connectivity index (χ4n) is 3.42. The van der Waals surface area contributed by atoms with Crippen LogP contribution in [0.2, 0.25) is 0 Å². The number of rotatable bonds is 14. The van der Waals surface area contributed by atoms with Crippen molar-refractivity contribution in [2.24, 2.45) is 5.92 Å². The third-order valence-corrected chi connectivity index (χ3v) is 5.54. The largest absolute Gasteiger partial charge is 0.374 e. The van der Waals surface area contributed by atoms with Gasteiger partial charge in [0.1, 0.15) is 6.23 Å². The smallest absolute Gasteiger partial charge is 0.220 e. The van der Waals surface area contributed by atoms with Crippen molar-refractivity contribution in [3.05, 3.63) is 41.7 Å². The molecule has 0 bridgehead atoms. The first-order valence-electron chi connectivity index (χ1n) is 11.4. The maximum absolute atomic E-state index is 11.9. The maximum atomic E-state index is 11.9. The molecule has 0 aliphatic heterocycles. The second kappa shape index (κ2) is 11.8. The van der Waals surface area contributed by atoms with Crippen LogP contribution in [0.5, 0.6) is 0 Å². The van der Waals surface area contributed by atoms with Crippen LogP contribution in [0.15, 0.2) is 30.5 Å². The number of amides is 1. The highest BCUT2D eigenvalue weighted by atomic mass is 16.3. The van der Waals surface area contributed by atoms with E-state index in [1.165, 1.54) is 25.7 Å². The van der Waals surface area contributed by atoms with Crippen molar-refractivity contribution in [2.45, 2.75) is 70.9 Å². The number of hydrogen-bond acceptors (Lipinski definition) is 5. The molecule has 1 unspecified atom stereocenters. The van der Waals surface area contributed by atoms with E-state index in [4.69, 9.17) is 0 Å². The summed E-state index contributed by atoms with van der Waals surface area (Å²) in [7, 11) is 0. The Hall–Kier alpha value is -2.25. The van der Waals surface area contributed by atoms with Crippen LogP contribution in [0.1, 0.15) is 75.8 Å². The lowest BCUT2D eigenvalue weighted by Crippen LogP contribution is -2.24. The third kappa shape index (κ3) is 7.54. The summed E-state index contributed by atoms with van der Waals surface area (Å²) in [5.41, 5.74) is 2.61. The molecule has 0 radical (unpaired) electrons. The molecule has 2 aromatic rings. The first-order valence-corrected chi connectivity index (χ1v) is 11.4. The average Bonchev–Trinajstić information content (AvgIpc) is 3.46. The summed E-state index contributed by atoms with van der Waals surface area (Å²) in [6.07, 6.45) is 10.4. The normalized spacial score (nSPS) is 14.6.